The van der Waals surface area contributed by atoms with Crippen LogP contribution in [0.25, 0.3) is 0 Å². The Kier molecular flexibility index (Phi) is 6.16. The number of aliphatic hydroxyl groups excluding tert-OH is 1. The number of rotatable bonds is 8. The monoisotopic (exact) mass is 338 g/mol. The molecule has 3 heteroatoms. The molecule has 3 aromatic rings. The van der Waals surface area contributed by atoms with Crippen LogP contribution in [0.3, 0.4) is 0 Å². The van der Waals surface area contributed by atoms with Crippen molar-refractivity contribution in [2.45, 2.75) is 23.8 Å². The fraction of sp³-hybridized carbons (Fsp3) is 0.238. The number of benzene rings is 2. The molecule has 3 rings (SSSR count). The maximum Gasteiger partial charge on any atom is 0.121 e. The zero-order valence-corrected chi connectivity index (χ0v) is 14.4. The van der Waals surface area contributed by atoms with Gasteiger partial charge in [-0.3, -0.25) is 0 Å². The van der Waals surface area contributed by atoms with Crippen LogP contribution >= 0.6 is 11.8 Å². The van der Waals surface area contributed by atoms with E-state index in [-0.39, 0.29) is 11.9 Å². The molecule has 0 spiro atoms. The lowest BCUT2D eigenvalue weighted by molar-refractivity contribution is 0.283. The molecule has 0 aliphatic rings. The third-order valence-corrected chi connectivity index (χ3v) is 5.22. The van der Waals surface area contributed by atoms with E-state index in [2.05, 4.69) is 54.6 Å². The minimum absolute atomic E-state index is 0.175. The van der Waals surface area contributed by atoms with Crippen molar-refractivity contribution in [1.82, 2.24) is 0 Å². The number of aliphatic hydroxyl groups is 1. The summed E-state index contributed by atoms with van der Waals surface area (Å²) in [5.74, 6) is 2.86. The van der Waals surface area contributed by atoms with Crippen LogP contribution in [-0.4, -0.2) is 11.7 Å². The maximum atomic E-state index is 8.99. The molecule has 0 saturated carbocycles. The van der Waals surface area contributed by atoms with Gasteiger partial charge in [0.25, 0.3) is 0 Å². The lowest BCUT2D eigenvalue weighted by Gasteiger charge is -2.15. The summed E-state index contributed by atoms with van der Waals surface area (Å²) >= 11 is 1.87. The highest BCUT2D eigenvalue weighted by molar-refractivity contribution is 7.98. The fourth-order valence-corrected chi connectivity index (χ4v) is 3.84. The molecule has 0 radical (unpaired) electrons. The molecule has 1 heterocycles. The molecule has 2 aromatic carbocycles. The van der Waals surface area contributed by atoms with Gasteiger partial charge in [0.1, 0.15) is 11.5 Å². The second-order valence-electron chi connectivity index (χ2n) is 5.72. The van der Waals surface area contributed by atoms with Crippen LogP contribution in [0.5, 0.6) is 0 Å². The molecule has 0 aliphatic carbocycles. The predicted molar refractivity (Wildman–Crippen MR) is 100 cm³/mol. The molecular weight excluding hydrogens is 316 g/mol. The Morgan fingerprint density at radius 1 is 0.875 bits per heavy atom. The van der Waals surface area contributed by atoms with E-state index in [0.29, 0.717) is 0 Å². The van der Waals surface area contributed by atoms with Gasteiger partial charge < -0.3 is 9.52 Å². The highest BCUT2D eigenvalue weighted by atomic mass is 32.2. The Morgan fingerprint density at radius 2 is 1.58 bits per heavy atom. The van der Waals surface area contributed by atoms with E-state index in [1.807, 2.05) is 30.0 Å². The molecule has 0 saturated heterocycles. The van der Waals surface area contributed by atoms with Crippen molar-refractivity contribution < 1.29 is 9.52 Å². The topological polar surface area (TPSA) is 33.4 Å². The third kappa shape index (κ3) is 4.53. The first kappa shape index (κ1) is 16.9. The standard InChI is InChI=1S/C21H22O2S/c22-15-7-12-19-13-14-20(23-19)21(18-10-5-2-6-11-18)24-16-17-8-3-1-4-9-17/h1-6,8-11,13-14,21-22H,7,12,15-16H2. The molecule has 2 nitrogen and oxygen atoms in total. The second kappa shape index (κ2) is 8.76. The van der Waals surface area contributed by atoms with Crippen LogP contribution in [0.1, 0.15) is 34.3 Å². The van der Waals surface area contributed by atoms with Crippen LogP contribution in [0.15, 0.2) is 77.2 Å². The average Bonchev–Trinajstić information content (AvgIpc) is 3.11. The lowest BCUT2D eigenvalue weighted by Crippen LogP contribution is -1.96. The van der Waals surface area contributed by atoms with Gasteiger partial charge in [-0.05, 0) is 29.7 Å². The van der Waals surface area contributed by atoms with E-state index in [0.717, 1.165) is 30.1 Å². The molecule has 1 atom stereocenters. The normalized spacial score (nSPS) is 12.2. The molecular formula is C21H22O2S. The minimum Gasteiger partial charge on any atom is -0.465 e. The van der Waals surface area contributed by atoms with E-state index < -0.39 is 0 Å². The summed E-state index contributed by atoms with van der Waals surface area (Å²) in [5, 5.41) is 9.16. The largest absolute Gasteiger partial charge is 0.465 e. The lowest BCUT2D eigenvalue weighted by atomic mass is 10.1. The molecule has 0 fully saturated rings. The number of aryl methyl sites for hydroxylation is 1. The van der Waals surface area contributed by atoms with Crippen molar-refractivity contribution >= 4 is 11.8 Å². The number of hydrogen-bond donors (Lipinski definition) is 1. The van der Waals surface area contributed by atoms with Gasteiger partial charge >= 0.3 is 0 Å². The van der Waals surface area contributed by atoms with Gasteiger partial charge in [-0.25, -0.2) is 0 Å². The van der Waals surface area contributed by atoms with E-state index in [1.54, 1.807) is 0 Å². The highest BCUT2D eigenvalue weighted by Crippen LogP contribution is 2.38. The fourth-order valence-electron chi connectivity index (χ4n) is 2.65. The molecule has 0 amide bonds. The number of hydrogen-bond acceptors (Lipinski definition) is 3. The van der Waals surface area contributed by atoms with E-state index in [4.69, 9.17) is 9.52 Å². The Bertz CT molecular complexity index is 722. The summed E-state index contributed by atoms with van der Waals surface area (Å²) in [6.07, 6.45) is 1.52. The van der Waals surface area contributed by atoms with E-state index in [9.17, 15) is 0 Å². The van der Waals surface area contributed by atoms with Crippen molar-refractivity contribution in [3.05, 3.63) is 95.4 Å². The summed E-state index contributed by atoms with van der Waals surface area (Å²) in [7, 11) is 0. The first-order valence-electron chi connectivity index (χ1n) is 8.27. The van der Waals surface area contributed by atoms with Gasteiger partial charge in [0.05, 0.1) is 5.25 Å². The zero-order valence-electron chi connectivity index (χ0n) is 13.6. The van der Waals surface area contributed by atoms with Gasteiger partial charge in [-0.15, -0.1) is 11.8 Å². The summed E-state index contributed by atoms with van der Waals surface area (Å²) in [4.78, 5) is 0. The van der Waals surface area contributed by atoms with Gasteiger partial charge in [-0.1, -0.05) is 60.7 Å². The highest BCUT2D eigenvalue weighted by Gasteiger charge is 2.18. The Balaban J connectivity index is 1.78. The molecule has 1 N–H and O–H groups in total. The van der Waals surface area contributed by atoms with Crippen molar-refractivity contribution in [2.75, 3.05) is 6.61 Å². The first-order chi connectivity index (χ1) is 11.9. The van der Waals surface area contributed by atoms with Gasteiger partial charge in [0.2, 0.25) is 0 Å². The summed E-state index contributed by atoms with van der Waals surface area (Å²) < 4.78 is 6.06. The predicted octanol–water partition coefficient (Wildman–Crippen LogP) is 5.23. The second-order valence-corrected chi connectivity index (χ2v) is 6.81. The van der Waals surface area contributed by atoms with Crippen LogP contribution < -0.4 is 0 Å². The summed E-state index contributed by atoms with van der Waals surface area (Å²) in [5.41, 5.74) is 2.57. The minimum atomic E-state index is 0.175. The maximum absolute atomic E-state index is 8.99. The van der Waals surface area contributed by atoms with E-state index >= 15 is 0 Å². The van der Waals surface area contributed by atoms with Crippen molar-refractivity contribution in [1.29, 1.82) is 0 Å². The Hall–Kier alpha value is -1.97. The molecule has 0 aliphatic heterocycles. The summed E-state index contributed by atoms with van der Waals surface area (Å²) in [6.45, 7) is 0.195. The first-order valence-corrected chi connectivity index (χ1v) is 9.31. The molecule has 24 heavy (non-hydrogen) atoms. The van der Waals surface area contributed by atoms with E-state index in [1.165, 1.54) is 11.1 Å². The average molecular weight is 338 g/mol. The van der Waals surface area contributed by atoms with Crippen LogP contribution in [0.4, 0.5) is 0 Å². The Labute approximate surface area is 147 Å². The van der Waals surface area contributed by atoms with Gasteiger partial charge in [-0.2, -0.15) is 0 Å². The molecule has 0 bridgehead atoms. The molecule has 1 aromatic heterocycles. The summed E-state index contributed by atoms with van der Waals surface area (Å²) in [6, 6.07) is 25.1. The number of furan rings is 1. The Morgan fingerprint density at radius 3 is 2.29 bits per heavy atom. The van der Waals surface area contributed by atoms with Gasteiger partial charge in [0, 0.05) is 18.8 Å². The van der Waals surface area contributed by atoms with Crippen molar-refractivity contribution in [3.8, 4) is 0 Å². The van der Waals surface area contributed by atoms with Crippen molar-refractivity contribution in [3.63, 3.8) is 0 Å². The quantitative estimate of drug-likeness (QED) is 0.611. The smallest absolute Gasteiger partial charge is 0.121 e. The molecule has 1 unspecified atom stereocenters. The number of thioether (sulfide) groups is 1. The SMILES string of the molecule is OCCCc1ccc(C(SCc2ccccc2)c2ccccc2)o1. The third-order valence-electron chi connectivity index (χ3n) is 3.88. The van der Waals surface area contributed by atoms with Crippen molar-refractivity contribution in [2.24, 2.45) is 0 Å². The van der Waals surface area contributed by atoms with Crippen LogP contribution in [0, 0.1) is 0 Å². The van der Waals surface area contributed by atoms with Crippen LogP contribution in [-0.2, 0) is 12.2 Å². The molecule has 124 valence electrons. The zero-order chi connectivity index (χ0) is 16.6. The van der Waals surface area contributed by atoms with Gasteiger partial charge in [0.15, 0.2) is 0 Å². The van der Waals surface area contributed by atoms with Crippen LogP contribution in [0.2, 0.25) is 0 Å².